The standard InChI is InChI=1S/C54H94O6/c1-4-7-10-13-16-19-22-24-26-27-28-29-31-32-35-38-41-44-47-53(56)59-50-51(49-58-52(55)46-43-40-37-34-21-18-15-12-9-6-3)60-54(57)48-45-42-39-36-33-30-25-23-20-17-14-11-8-5-2/h8,11,17,20,25-30,51H,4-7,9-10,12-16,18-19,21-24,31-50H2,1-3H3/b11-8-,20-17-,27-26-,29-28-,30-25-. The third-order valence-electron chi connectivity index (χ3n) is 10.8. The Morgan fingerprint density at radius 2 is 0.700 bits per heavy atom. The van der Waals surface area contributed by atoms with Gasteiger partial charge in [-0.2, -0.15) is 0 Å². The van der Waals surface area contributed by atoms with Gasteiger partial charge in [0.1, 0.15) is 13.2 Å². The maximum atomic E-state index is 12.8. The minimum absolute atomic E-state index is 0.0873. The number of allylic oxidation sites excluding steroid dienone is 10. The number of carbonyl (C=O) groups is 3. The van der Waals surface area contributed by atoms with Crippen molar-refractivity contribution < 1.29 is 28.6 Å². The molecular weight excluding hydrogens is 745 g/mol. The van der Waals surface area contributed by atoms with Crippen LogP contribution in [-0.2, 0) is 28.6 Å². The van der Waals surface area contributed by atoms with Crippen LogP contribution in [0.3, 0.4) is 0 Å². The molecule has 0 rings (SSSR count). The zero-order chi connectivity index (χ0) is 43.7. The molecule has 346 valence electrons. The van der Waals surface area contributed by atoms with Gasteiger partial charge in [0.15, 0.2) is 6.10 Å². The fraction of sp³-hybridized carbons (Fsp3) is 0.759. The second-order valence-electron chi connectivity index (χ2n) is 16.7. The third-order valence-corrected chi connectivity index (χ3v) is 10.8. The maximum absolute atomic E-state index is 12.8. The van der Waals surface area contributed by atoms with E-state index in [9.17, 15) is 14.4 Å². The minimum Gasteiger partial charge on any atom is -0.462 e. The fourth-order valence-electron chi connectivity index (χ4n) is 6.98. The summed E-state index contributed by atoms with van der Waals surface area (Å²) in [5.41, 5.74) is 0. The van der Waals surface area contributed by atoms with Crippen molar-refractivity contribution in [1.82, 2.24) is 0 Å². The molecule has 6 nitrogen and oxygen atoms in total. The first-order valence-electron chi connectivity index (χ1n) is 25.3. The Morgan fingerprint density at radius 3 is 1.12 bits per heavy atom. The topological polar surface area (TPSA) is 78.9 Å². The lowest BCUT2D eigenvalue weighted by Crippen LogP contribution is -2.30. The molecule has 0 bridgehead atoms. The van der Waals surface area contributed by atoms with Gasteiger partial charge in [-0.1, -0.05) is 210 Å². The van der Waals surface area contributed by atoms with Gasteiger partial charge in [0, 0.05) is 19.3 Å². The van der Waals surface area contributed by atoms with Crippen molar-refractivity contribution in [1.29, 1.82) is 0 Å². The van der Waals surface area contributed by atoms with E-state index in [1.165, 1.54) is 96.3 Å². The Bertz CT molecular complexity index is 1100. The van der Waals surface area contributed by atoms with Crippen molar-refractivity contribution in [3.63, 3.8) is 0 Å². The predicted molar refractivity (Wildman–Crippen MR) is 256 cm³/mol. The largest absolute Gasteiger partial charge is 0.462 e. The molecule has 0 aliphatic carbocycles. The lowest BCUT2D eigenvalue weighted by molar-refractivity contribution is -0.167. The van der Waals surface area contributed by atoms with Gasteiger partial charge in [-0.05, 0) is 77.0 Å². The molecule has 0 aliphatic rings. The highest BCUT2D eigenvalue weighted by Crippen LogP contribution is 2.14. The highest BCUT2D eigenvalue weighted by Gasteiger charge is 2.19. The monoisotopic (exact) mass is 839 g/mol. The molecule has 0 spiro atoms. The van der Waals surface area contributed by atoms with Crippen LogP contribution >= 0.6 is 0 Å². The Morgan fingerprint density at radius 1 is 0.367 bits per heavy atom. The van der Waals surface area contributed by atoms with Crippen LogP contribution in [0.25, 0.3) is 0 Å². The van der Waals surface area contributed by atoms with E-state index in [0.717, 1.165) is 109 Å². The first-order valence-corrected chi connectivity index (χ1v) is 25.3. The van der Waals surface area contributed by atoms with Crippen LogP contribution in [0.5, 0.6) is 0 Å². The molecule has 6 heteroatoms. The SMILES string of the molecule is CC/C=C\C/C=C\C/C=C\CCCCCCC(=O)OC(COC(=O)CCCCCCC/C=C\C=C/CCCCCCCCC)COC(=O)CCCCCCCCCCCC. The van der Waals surface area contributed by atoms with Gasteiger partial charge in [0.2, 0.25) is 0 Å². The van der Waals surface area contributed by atoms with Gasteiger partial charge in [0.05, 0.1) is 0 Å². The zero-order valence-electron chi connectivity index (χ0n) is 39.5. The van der Waals surface area contributed by atoms with Crippen molar-refractivity contribution in [2.75, 3.05) is 13.2 Å². The van der Waals surface area contributed by atoms with E-state index in [1.54, 1.807) is 0 Å². The summed E-state index contributed by atoms with van der Waals surface area (Å²) in [6, 6.07) is 0. The molecule has 0 fully saturated rings. The van der Waals surface area contributed by atoms with E-state index in [2.05, 4.69) is 81.5 Å². The van der Waals surface area contributed by atoms with Crippen LogP contribution in [-0.4, -0.2) is 37.2 Å². The predicted octanol–water partition coefficient (Wildman–Crippen LogP) is 16.5. The Labute approximate surface area is 370 Å². The lowest BCUT2D eigenvalue weighted by atomic mass is 10.1. The maximum Gasteiger partial charge on any atom is 0.306 e. The summed E-state index contributed by atoms with van der Waals surface area (Å²) in [5, 5.41) is 0. The number of unbranched alkanes of at least 4 members (excludes halogenated alkanes) is 25. The second kappa shape index (κ2) is 48.8. The van der Waals surface area contributed by atoms with Gasteiger partial charge < -0.3 is 14.2 Å². The van der Waals surface area contributed by atoms with E-state index in [4.69, 9.17) is 14.2 Å². The van der Waals surface area contributed by atoms with E-state index >= 15 is 0 Å². The third kappa shape index (κ3) is 46.2. The summed E-state index contributed by atoms with van der Waals surface area (Å²) < 4.78 is 16.7. The van der Waals surface area contributed by atoms with Crippen molar-refractivity contribution in [3.05, 3.63) is 60.8 Å². The summed E-state index contributed by atoms with van der Waals surface area (Å²) in [4.78, 5) is 37.9. The lowest BCUT2D eigenvalue weighted by Gasteiger charge is -2.18. The van der Waals surface area contributed by atoms with Crippen molar-refractivity contribution in [3.8, 4) is 0 Å². The van der Waals surface area contributed by atoms with Gasteiger partial charge in [0.25, 0.3) is 0 Å². The van der Waals surface area contributed by atoms with Gasteiger partial charge in [-0.3, -0.25) is 14.4 Å². The van der Waals surface area contributed by atoms with E-state index in [0.29, 0.717) is 19.3 Å². The summed E-state index contributed by atoms with van der Waals surface area (Å²) in [5.74, 6) is -0.924. The molecule has 0 heterocycles. The number of hydrogen-bond acceptors (Lipinski definition) is 6. The number of ether oxygens (including phenoxy) is 3. The van der Waals surface area contributed by atoms with Crippen LogP contribution in [0, 0.1) is 0 Å². The smallest absolute Gasteiger partial charge is 0.306 e. The van der Waals surface area contributed by atoms with Gasteiger partial charge in [-0.25, -0.2) is 0 Å². The first kappa shape index (κ1) is 57.1. The molecule has 0 aromatic rings. The van der Waals surface area contributed by atoms with Crippen LogP contribution in [0.15, 0.2) is 60.8 Å². The van der Waals surface area contributed by atoms with E-state index < -0.39 is 6.10 Å². The molecule has 0 radical (unpaired) electrons. The second-order valence-corrected chi connectivity index (χ2v) is 16.7. The van der Waals surface area contributed by atoms with Crippen molar-refractivity contribution >= 4 is 17.9 Å². The molecule has 0 aromatic heterocycles. The fourth-order valence-corrected chi connectivity index (χ4v) is 6.98. The Hall–Kier alpha value is -2.89. The molecule has 0 amide bonds. The van der Waals surface area contributed by atoms with Crippen LogP contribution in [0.2, 0.25) is 0 Å². The summed E-state index contributed by atoms with van der Waals surface area (Å²) in [6.07, 6.45) is 59.2. The minimum atomic E-state index is -0.789. The molecule has 0 saturated heterocycles. The highest BCUT2D eigenvalue weighted by molar-refractivity contribution is 5.71. The van der Waals surface area contributed by atoms with E-state index in [-0.39, 0.29) is 31.1 Å². The Balaban J connectivity index is 4.39. The molecule has 1 unspecified atom stereocenters. The molecule has 1 atom stereocenters. The van der Waals surface area contributed by atoms with Gasteiger partial charge >= 0.3 is 17.9 Å². The summed E-state index contributed by atoms with van der Waals surface area (Å²) in [6.45, 7) is 6.48. The van der Waals surface area contributed by atoms with Crippen molar-refractivity contribution in [2.45, 2.75) is 252 Å². The van der Waals surface area contributed by atoms with Crippen LogP contribution < -0.4 is 0 Å². The first-order chi connectivity index (χ1) is 29.5. The number of carbonyl (C=O) groups excluding carboxylic acids is 3. The molecule has 0 N–H and O–H groups in total. The quantitative estimate of drug-likeness (QED) is 0.0200. The van der Waals surface area contributed by atoms with Gasteiger partial charge in [-0.15, -0.1) is 0 Å². The van der Waals surface area contributed by atoms with Crippen LogP contribution in [0.1, 0.15) is 245 Å². The normalized spacial score (nSPS) is 12.5. The number of rotatable bonds is 45. The van der Waals surface area contributed by atoms with Crippen LogP contribution in [0.4, 0.5) is 0 Å². The average molecular weight is 839 g/mol. The average Bonchev–Trinajstić information content (AvgIpc) is 3.24. The molecule has 0 aliphatic heterocycles. The molecule has 0 aromatic carbocycles. The van der Waals surface area contributed by atoms with E-state index in [1.807, 2.05) is 0 Å². The van der Waals surface area contributed by atoms with Crippen molar-refractivity contribution in [2.24, 2.45) is 0 Å². The summed E-state index contributed by atoms with van der Waals surface area (Å²) >= 11 is 0. The zero-order valence-corrected chi connectivity index (χ0v) is 39.5. The Kier molecular flexibility index (Phi) is 46.4. The number of esters is 3. The molecule has 60 heavy (non-hydrogen) atoms. The number of hydrogen-bond donors (Lipinski definition) is 0. The summed E-state index contributed by atoms with van der Waals surface area (Å²) in [7, 11) is 0. The molecular formula is C54H94O6. The molecule has 0 saturated carbocycles. The highest BCUT2D eigenvalue weighted by atomic mass is 16.6.